The molecule has 0 saturated carbocycles. The second-order valence-electron chi connectivity index (χ2n) is 4.51. The number of sulfonamides is 1. The lowest BCUT2D eigenvalue weighted by atomic mass is 10.3. The van der Waals surface area contributed by atoms with Gasteiger partial charge in [0.1, 0.15) is 4.90 Å². The molecule has 2 N–H and O–H groups in total. The highest BCUT2D eigenvalue weighted by Crippen LogP contribution is 2.37. The molecule has 19 heavy (non-hydrogen) atoms. The average molecular weight is 372 g/mol. The van der Waals surface area contributed by atoms with Crippen LogP contribution in [-0.2, 0) is 10.0 Å². The topological polar surface area (TPSA) is 63.4 Å². The molecule has 1 aromatic carbocycles. The zero-order chi connectivity index (χ0) is 14.4. The zero-order valence-electron chi connectivity index (χ0n) is 10.2. The molecule has 0 aliphatic carbocycles. The largest absolute Gasteiger partial charge is 0.395 e. The van der Waals surface area contributed by atoms with Gasteiger partial charge in [0.2, 0.25) is 10.0 Å². The van der Waals surface area contributed by atoms with Crippen molar-refractivity contribution < 1.29 is 12.8 Å². The summed E-state index contributed by atoms with van der Waals surface area (Å²) < 4.78 is 40.4. The molecule has 0 spiro atoms. The molecule has 1 heterocycles. The summed E-state index contributed by atoms with van der Waals surface area (Å²) in [6, 6.07) is 0.950. The molecule has 1 atom stereocenters. The second-order valence-corrected chi connectivity index (χ2v) is 7.56. The maximum Gasteiger partial charge on any atom is 0.246 e. The Hall–Kier alpha value is -0.370. The number of rotatable bonds is 2. The van der Waals surface area contributed by atoms with Crippen molar-refractivity contribution >= 4 is 43.2 Å². The summed E-state index contributed by atoms with van der Waals surface area (Å²) >= 11 is 8.88. The lowest BCUT2D eigenvalue weighted by Gasteiger charge is -2.22. The number of nitrogen functional groups attached to an aromatic ring is 1. The monoisotopic (exact) mass is 370 g/mol. The fourth-order valence-electron chi connectivity index (χ4n) is 2.18. The van der Waals surface area contributed by atoms with Crippen LogP contribution in [0.3, 0.4) is 0 Å². The average Bonchev–Trinajstić information content (AvgIpc) is 2.78. The highest BCUT2D eigenvalue weighted by molar-refractivity contribution is 9.10. The SMILES string of the molecule is CC1CCCN1S(=O)(=O)c1cc(Cl)c(Br)c(N)c1F. The fourth-order valence-corrected chi connectivity index (χ4v) is 4.55. The van der Waals surface area contributed by atoms with E-state index >= 15 is 0 Å². The summed E-state index contributed by atoms with van der Waals surface area (Å²) in [6.07, 6.45) is 1.53. The zero-order valence-corrected chi connectivity index (χ0v) is 13.3. The number of benzene rings is 1. The maximum absolute atomic E-state index is 14.1. The van der Waals surface area contributed by atoms with E-state index in [9.17, 15) is 12.8 Å². The summed E-state index contributed by atoms with van der Waals surface area (Å²) in [7, 11) is -3.91. The number of halogens is 3. The molecular formula is C11H13BrClFN2O2S. The molecule has 0 aromatic heterocycles. The highest BCUT2D eigenvalue weighted by atomic mass is 79.9. The van der Waals surface area contributed by atoms with Gasteiger partial charge in [-0.15, -0.1) is 0 Å². The first kappa shape index (κ1) is 15.0. The Labute approximate surface area is 124 Å². The maximum atomic E-state index is 14.1. The molecule has 0 bridgehead atoms. The first-order valence-corrected chi connectivity index (χ1v) is 8.32. The van der Waals surface area contributed by atoms with Crippen molar-refractivity contribution in [3.05, 3.63) is 21.4 Å². The van der Waals surface area contributed by atoms with E-state index in [1.165, 1.54) is 4.31 Å². The van der Waals surface area contributed by atoms with Gasteiger partial charge in [-0.3, -0.25) is 0 Å². The smallest absolute Gasteiger partial charge is 0.246 e. The number of nitrogens with zero attached hydrogens (tertiary/aromatic N) is 1. The van der Waals surface area contributed by atoms with Crippen molar-refractivity contribution in [3.63, 3.8) is 0 Å². The Morgan fingerprint density at radius 1 is 1.58 bits per heavy atom. The second kappa shape index (κ2) is 5.20. The molecule has 1 unspecified atom stereocenters. The van der Waals surface area contributed by atoms with Gasteiger partial charge in [0.15, 0.2) is 5.82 Å². The van der Waals surface area contributed by atoms with Crippen LogP contribution >= 0.6 is 27.5 Å². The van der Waals surface area contributed by atoms with E-state index in [0.717, 1.165) is 18.9 Å². The quantitative estimate of drug-likeness (QED) is 0.642. The van der Waals surface area contributed by atoms with Crippen LogP contribution in [0.4, 0.5) is 10.1 Å². The van der Waals surface area contributed by atoms with Crippen molar-refractivity contribution in [1.82, 2.24) is 4.31 Å². The Morgan fingerprint density at radius 3 is 2.74 bits per heavy atom. The van der Waals surface area contributed by atoms with Crippen molar-refractivity contribution in [2.45, 2.75) is 30.7 Å². The van der Waals surface area contributed by atoms with E-state index in [-0.39, 0.29) is 21.2 Å². The fraction of sp³-hybridized carbons (Fsp3) is 0.455. The lowest BCUT2D eigenvalue weighted by molar-refractivity contribution is 0.405. The number of hydrogen-bond acceptors (Lipinski definition) is 3. The van der Waals surface area contributed by atoms with Gasteiger partial charge in [-0.2, -0.15) is 4.31 Å². The summed E-state index contributed by atoms with van der Waals surface area (Å²) in [6.45, 7) is 2.18. The predicted molar refractivity (Wildman–Crippen MR) is 76.1 cm³/mol. The molecule has 4 nitrogen and oxygen atoms in total. The molecule has 2 rings (SSSR count). The third kappa shape index (κ3) is 2.49. The number of hydrogen-bond donors (Lipinski definition) is 1. The van der Waals surface area contributed by atoms with E-state index < -0.39 is 20.7 Å². The third-order valence-corrected chi connectivity index (χ3v) is 6.63. The molecule has 1 fully saturated rings. The van der Waals surface area contributed by atoms with Crippen LogP contribution in [0.5, 0.6) is 0 Å². The molecule has 1 aliphatic heterocycles. The first-order valence-electron chi connectivity index (χ1n) is 5.71. The van der Waals surface area contributed by atoms with Crippen molar-refractivity contribution in [3.8, 4) is 0 Å². The van der Waals surface area contributed by atoms with E-state index in [1.54, 1.807) is 6.92 Å². The van der Waals surface area contributed by atoms with Gasteiger partial charge >= 0.3 is 0 Å². The minimum absolute atomic E-state index is 0.0734. The van der Waals surface area contributed by atoms with Crippen LogP contribution in [0.15, 0.2) is 15.4 Å². The van der Waals surface area contributed by atoms with Crippen molar-refractivity contribution in [2.24, 2.45) is 0 Å². The molecule has 1 aliphatic rings. The van der Waals surface area contributed by atoms with Crippen LogP contribution < -0.4 is 5.73 Å². The van der Waals surface area contributed by atoms with Gasteiger partial charge in [0, 0.05) is 12.6 Å². The van der Waals surface area contributed by atoms with E-state index in [1.807, 2.05) is 0 Å². The summed E-state index contributed by atoms with van der Waals surface area (Å²) in [5, 5.41) is 0.0734. The van der Waals surface area contributed by atoms with Crippen LogP contribution in [-0.4, -0.2) is 25.3 Å². The van der Waals surface area contributed by atoms with E-state index in [0.29, 0.717) is 6.54 Å². The van der Waals surface area contributed by atoms with Crippen LogP contribution in [0.25, 0.3) is 0 Å². The highest BCUT2D eigenvalue weighted by Gasteiger charge is 2.35. The van der Waals surface area contributed by atoms with E-state index in [4.69, 9.17) is 17.3 Å². The van der Waals surface area contributed by atoms with Crippen LogP contribution in [0, 0.1) is 5.82 Å². The summed E-state index contributed by atoms with van der Waals surface area (Å²) in [4.78, 5) is -0.466. The predicted octanol–water partition coefficient (Wildman–Crippen LogP) is 3.00. The Morgan fingerprint density at radius 2 is 2.21 bits per heavy atom. The number of anilines is 1. The van der Waals surface area contributed by atoms with Crippen molar-refractivity contribution in [1.29, 1.82) is 0 Å². The van der Waals surface area contributed by atoms with Crippen molar-refractivity contribution in [2.75, 3.05) is 12.3 Å². The molecule has 0 amide bonds. The van der Waals surface area contributed by atoms with Gasteiger partial charge in [-0.1, -0.05) is 11.6 Å². The first-order chi connectivity index (χ1) is 8.76. The normalized spacial score (nSPS) is 20.9. The molecule has 106 valence electrons. The van der Waals surface area contributed by atoms with Gasteiger partial charge in [0.05, 0.1) is 15.2 Å². The molecular weight excluding hydrogens is 359 g/mol. The van der Waals surface area contributed by atoms with Gasteiger partial charge < -0.3 is 5.73 Å². The molecule has 1 saturated heterocycles. The standard InChI is InChI=1S/C11H13BrClFN2O2S/c1-6-3-2-4-16(6)19(17,18)8-5-7(13)9(12)11(15)10(8)14/h5-6H,2-4,15H2,1H3. The number of nitrogens with two attached hydrogens (primary N) is 1. The van der Waals surface area contributed by atoms with Crippen LogP contribution in [0.1, 0.15) is 19.8 Å². The molecule has 8 heteroatoms. The van der Waals surface area contributed by atoms with Gasteiger partial charge in [0.25, 0.3) is 0 Å². The Balaban J connectivity index is 2.59. The molecule has 1 aromatic rings. The minimum Gasteiger partial charge on any atom is -0.395 e. The van der Waals surface area contributed by atoms with E-state index in [2.05, 4.69) is 15.9 Å². The van der Waals surface area contributed by atoms with Gasteiger partial charge in [-0.05, 0) is 41.8 Å². The minimum atomic E-state index is -3.91. The van der Waals surface area contributed by atoms with Gasteiger partial charge in [-0.25, -0.2) is 12.8 Å². The summed E-state index contributed by atoms with van der Waals surface area (Å²) in [5.41, 5.74) is 5.23. The van der Waals surface area contributed by atoms with Crippen LogP contribution in [0.2, 0.25) is 5.02 Å². The Bertz CT molecular complexity index is 624. The third-order valence-electron chi connectivity index (χ3n) is 3.24. The molecule has 0 radical (unpaired) electrons. The summed E-state index contributed by atoms with van der Waals surface area (Å²) in [5.74, 6) is -0.963. The lowest BCUT2D eigenvalue weighted by Crippen LogP contribution is -2.34. The Kier molecular flexibility index (Phi) is 4.11.